The van der Waals surface area contributed by atoms with Crippen LogP contribution in [-0.4, -0.2) is 36.9 Å². The molecule has 0 aliphatic rings. The predicted octanol–water partition coefficient (Wildman–Crippen LogP) is 1.44. The molecule has 1 aromatic carbocycles. The zero-order valence-corrected chi connectivity index (χ0v) is 11.9. The SMILES string of the molecule is COCC(C)(CCO)NC(=O)Cc1ccc(C)cc1. The maximum atomic E-state index is 12.0. The largest absolute Gasteiger partial charge is 0.396 e. The molecule has 0 spiro atoms. The van der Waals surface area contributed by atoms with E-state index in [9.17, 15) is 4.79 Å². The highest BCUT2D eigenvalue weighted by Gasteiger charge is 2.25. The van der Waals surface area contributed by atoms with Crippen LogP contribution in [0.5, 0.6) is 0 Å². The van der Waals surface area contributed by atoms with Gasteiger partial charge in [0.15, 0.2) is 0 Å². The first-order valence-electron chi connectivity index (χ1n) is 6.45. The summed E-state index contributed by atoms with van der Waals surface area (Å²) in [5.41, 5.74) is 1.63. The Bertz CT molecular complexity index is 394. The zero-order valence-electron chi connectivity index (χ0n) is 11.9. The molecule has 0 aromatic heterocycles. The Kier molecular flexibility index (Phi) is 5.99. The molecule has 0 aliphatic heterocycles. The number of carbonyl (C=O) groups is 1. The molecule has 0 radical (unpaired) electrons. The van der Waals surface area contributed by atoms with Gasteiger partial charge in [-0.05, 0) is 25.8 Å². The second-order valence-corrected chi connectivity index (χ2v) is 5.18. The van der Waals surface area contributed by atoms with E-state index in [0.717, 1.165) is 5.56 Å². The maximum Gasteiger partial charge on any atom is 0.224 e. The summed E-state index contributed by atoms with van der Waals surface area (Å²) in [5.74, 6) is -0.0585. The minimum absolute atomic E-state index is 0.0185. The number of aliphatic hydroxyl groups excluding tert-OH is 1. The van der Waals surface area contributed by atoms with E-state index in [4.69, 9.17) is 9.84 Å². The molecule has 0 heterocycles. The van der Waals surface area contributed by atoms with Crippen molar-refractivity contribution in [1.82, 2.24) is 5.32 Å². The second-order valence-electron chi connectivity index (χ2n) is 5.18. The number of aliphatic hydroxyl groups is 1. The summed E-state index contributed by atoms with van der Waals surface area (Å²) in [6.45, 7) is 4.29. The number of amides is 1. The summed E-state index contributed by atoms with van der Waals surface area (Å²) in [6.07, 6.45) is 0.811. The Labute approximate surface area is 114 Å². The lowest BCUT2D eigenvalue weighted by Gasteiger charge is -2.29. The van der Waals surface area contributed by atoms with Crippen LogP contribution in [0.2, 0.25) is 0 Å². The van der Waals surface area contributed by atoms with Crippen molar-refractivity contribution >= 4 is 5.91 Å². The van der Waals surface area contributed by atoms with Gasteiger partial charge >= 0.3 is 0 Å². The van der Waals surface area contributed by atoms with Gasteiger partial charge in [-0.2, -0.15) is 0 Å². The molecule has 0 saturated heterocycles. The van der Waals surface area contributed by atoms with Crippen molar-refractivity contribution < 1.29 is 14.6 Å². The summed E-state index contributed by atoms with van der Waals surface area (Å²) in [5, 5.41) is 12.0. The van der Waals surface area contributed by atoms with Gasteiger partial charge in [0.05, 0.1) is 18.6 Å². The quantitative estimate of drug-likeness (QED) is 0.784. The van der Waals surface area contributed by atoms with Crippen molar-refractivity contribution in [2.24, 2.45) is 0 Å². The van der Waals surface area contributed by atoms with Gasteiger partial charge in [-0.1, -0.05) is 29.8 Å². The van der Waals surface area contributed by atoms with Crippen LogP contribution in [0.3, 0.4) is 0 Å². The molecule has 1 amide bonds. The Morgan fingerprint density at radius 1 is 1.37 bits per heavy atom. The third-order valence-electron chi connectivity index (χ3n) is 3.05. The summed E-state index contributed by atoms with van der Waals surface area (Å²) in [6, 6.07) is 7.89. The molecule has 1 aromatic rings. The molecule has 1 atom stereocenters. The van der Waals surface area contributed by atoms with E-state index in [1.165, 1.54) is 5.56 Å². The summed E-state index contributed by atoms with van der Waals surface area (Å²) >= 11 is 0. The van der Waals surface area contributed by atoms with Gasteiger partial charge in [-0.25, -0.2) is 0 Å². The fourth-order valence-corrected chi connectivity index (χ4v) is 2.01. The Morgan fingerprint density at radius 3 is 2.53 bits per heavy atom. The van der Waals surface area contributed by atoms with Crippen molar-refractivity contribution in [2.45, 2.75) is 32.2 Å². The van der Waals surface area contributed by atoms with E-state index in [1.54, 1.807) is 7.11 Å². The maximum absolute atomic E-state index is 12.0. The van der Waals surface area contributed by atoms with Crippen LogP contribution in [0.1, 0.15) is 24.5 Å². The molecule has 19 heavy (non-hydrogen) atoms. The van der Waals surface area contributed by atoms with Crippen molar-refractivity contribution in [3.63, 3.8) is 0 Å². The summed E-state index contributed by atoms with van der Waals surface area (Å²) in [4.78, 5) is 12.0. The van der Waals surface area contributed by atoms with E-state index in [2.05, 4.69) is 5.32 Å². The van der Waals surface area contributed by atoms with Gasteiger partial charge in [0.25, 0.3) is 0 Å². The second kappa shape index (κ2) is 7.26. The van der Waals surface area contributed by atoms with Gasteiger partial charge in [0, 0.05) is 13.7 Å². The molecule has 0 fully saturated rings. The third kappa shape index (κ3) is 5.41. The number of methoxy groups -OCH3 is 1. The van der Waals surface area contributed by atoms with Crippen molar-refractivity contribution in [2.75, 3.05) is 20.3 Å². The van der Waals surface area contributed by atoms with Crippen molar-refractivity contribution in [3.05, 3.63) is 35.4 Å². The zero-order chi connectivity index (χ0) is 14.3. The van der Waals surface area contributed by atoms with Gasteiger partial charge in [-0.15, -0.1) is 0 Å². The van der Waals surface area contributed by atoms with Crippen LogP contribution in [0.15, 0.2) is 24.3 Å². The number of carbonyl (C=O) groups excluding carboxylic acids is 1. The highest BCUT2D eigenvalue weighted by atomic mass is 16.5. The molecule has 1 unspecified atom stereocenters. The van der Waals surface area contributed by atoms with Crippen LogP contribution >= 0.6 is 0 Å². The molecule has 106 valence electrons. The van der Waals surface area contributed by atoms with Crippen LogP contribution < -0.4 is 5.32 Å². The van der Waals surface area contributed by atoms with Crippen molar-refractivity contribution in [1.29, 1.82) is 0 Å². The first kappa shape index (κ1) is 15.7. The lowest BCUT2D eigenvalue weighted by molar-refractivity contribution is -0.123. The molecule has 0 aliphatic carbocycles. The topological polar surface area (TPSA) is 58.6 Å². The summed E-state index contributed by atoms with van der Waals surface area (Å²) < 4.78 is 5.10. The first-order valence-corrected chi connectivity index (χ1v) is 6.45. The number of rotatable bonds is 7. The highest BCUT2D eigenvalue weighted by Crippen LogP contribution is 2.11. The van der Waals surface area contributed by atoms with Crippen LogP contribution in [0.4, 0.5) is 0 Å². The van der Waals surface area contributed by atoms with Gasteiger partial charge in [0.2, 0.25) is 5.91 Å². The van der Waals surface area contributed by atoms with Gasteiger partial charge in [0.1, 0.15) is 0 Å². The monoisotopic (exact) mass is 265 g/mol. The van der Waals surface area contributed by atoms with Gasteiger partial charge < -0.3 is 15.2 Å². The van der Waals surface area contributed by atoms with Gasteiger partial charge in [-0.3, -0.25) is 4.79 Å². The number of nitrogens with one attached hydrogen (secondary N) is 1. The Balaban J connectivity index is 2.59. The average Bonchev–Trinajstić information content (AvgIpc) is 2.32. The smallest absolute Gasteiger partial charge is 0.224 e. The van der Waals surface area contributed by atoms with Crippen molar-refractivity contribution in [3.8, 4) is 0 Å². The molecule has 0 saturated carbocycles. The lowest BCUT2D eigenvalue weighted by atomic mass is 9.98. The van der Waals surface area contributed by atoms with E-state index in [1.807, 2.05) is 38.1 Å². The molecule has 4 nitrogen and oxygen atoms in total. The number of benzene rings is 1. The molecular weight excluding hydrogens is 242 g/mol. The van der Waals surface area contributed by atoms with Crippen LogP contribution in [0.25, 0.3) is 0 Å². The van der Waals surface area contributed by atoms with Crippen LogP contribution in [-0.2, 0) is 16.0 Å². The van der Waals surface area contributed by atoms with E-state index >= 15 is 0 Å². The predicted molar refractivity (Wildman–Crippen MR) is 75.0 cm³/mol. The number of hydrogen-bond acceptors (Lipinski definition) is 3. The highest BCUT2D eigenvalue weighted by molar-refractivity contribution is 5.79. The Hall–Kier alpha value is -1.39. The molecule has 0 bridgehead atoms. The molecular formula is C15H23NO3. The lowest BCUT2D eigenvalue weighted by Crippen LogP contribution is -2.50. The minimum Gasteiger partial charge on any atom is -0.396 e. The summed E-state index contributed by atoms with van der Waals surface area (Å²) in [7, 11) is 1.59. The minimum atomic E-state index is -0.523. The van der Waals surface area contributed by atoms with Crippen LogP contribution in [0, 0.1) is 6.92 Å². The molecule has 1 rings (SSSR count). The Morgan fingerprint density at radius 2 is 2.00 bits per heavy atom. The third-order valence-corrected chi connectivity index (χ3v) is 3.05. The fraction of sp³-hybridized carbons (Fsp3) is 0.533. The van der Waals surface area contributed by atoms with E-state index in [-0.39, 0.29) is 12.5 Å². The normalized spacial score (nSPS) is 13.9. The molecule has 4 heteroatoms. The van der Waals surface area contributed by atoms with E-state index in [0.29, 0.717) is 19.4 Å². The average molecular weight is 265 g/mol. The standard InChI is InChI=1S/C15H23NO3/c1-12-4-6-13(7-5-12)10-14(18)16-15(2,8-9-17)11-19-3/h4-7,17H,8-11H2,1-3H3,(H,16,18). The number of ether oxygens (including phenoxy) is 1. The number of hydrogen-bond donors (Lipinski definition) is 2. The first-order chi connectivity index (χ1) is 8.99. The number of aryl methyl sites for hydroxylation is 1. The fourth-order valence-electron chi connectivity index (χ4n) is 2.01. The van der Waals surface area contributed by atoms with E-state index < -0.39 is 5.54 Å². The molecule has 2 N–H and O–H groups in total.